The highest BCUT2D eigenvalue weighted by atomic mass is 79.9. The highest BCUT2D eigenvalue weighted by molar-refractivity contribution is 9.09. The number of rotatable bonds is 5. The average Bonchev–Trinajstić information content (AvgIpc) is 1.98. The molecule has 0 spiro atoms. The van der Waals surface area contributed by atoms with Crippen LogP contribution >= 0.6 is 23.5 Å². The molecule has 0 aliphatic carbocycles. The summed E-state index contributed by atoms with van der Waals surface area (Å²) in [5.74, 6) is 0. The molecule has 0 fully saturated rings. The van der Waals surface area contributed by atoms with Crippen molar-refractivity contribution in [3.8, 4) is 0 Å². The van der Waals surface area contributed by atoms with E-state index in [-0.39, 0.29) is 0 Å². The van der Waals surface area contributed by atoms with Gasteiger partial charge in [0, 0.05) is 5.33 Å². The van der Waals surface area contributed by atoms with Crippen LogP contribution < -0.4 is 0 Å². The second-order valence-electron chi connectivity index (χ2n) is 2.91. The van der Waals surface area contributed by atoms with Gasteiger partial charge < -0.3 is 9.79 Å². The molecule has 0 aromatic carbocycles. The average molecular weight is 259 g/mol. The number of hydrogen-bond donors (Lipinski definition) is 2. The Morgan fingerprint density at radius 2 is 1.75 bits per heavy atom. The first kappa shape index (κ1) is 12.6. The van der Waals surface area contributed by atoms with E-state index in [1.165, 1.54) is 0 Å². The molecule has 0 aliphatic heterocycles. The molecule has 2 N–H and O–H groups in total. The van der Waals surface area contributed by atoms with Gasteiger partial charge in [-0.15, -0.1) is 0 Å². The Hall–Kier alpha value is 0.630. The molecule has 0 aliphatic rings. The van der Waals surface area contributed by atoms with Crippen LogP contribution in [-0.4, -0.2) is 20.3 Å². The van der Waals surface area contributed by atoms with Crippen molar-refractivity contribution in [3.05, 3.63) is 0 Å². The van der Waals surface area contributed by atoms with Crippen LogP contribution in [0.25, 0.3) is 0 Å². The summed E-state index contributed by atoms with van der Waals surface area (Å²) in [5, 5.41) is -0.170. The fourth-order valence-electron chi connectivity index (χ4n) is 1.34. The Bertz CT molecular complexity index is 173. The Balaban J connectivity index is 4.70. The molecule has 74 valence electrons. The van der Waals surface area contributed by atoms with Crippen molar-refractivity contribution in [2.45, 2.75) is 38.3 Å². The molecule has 0 bridgehead atoms. The maximum Gasteiger partial charge on any atom is 0.331 e. The van der Waals surface area contributed by atoms with E-state index in [4.69, 9.17) is 9.79 Å². The Morgan fingerprint density at radius 3 is 1.83 bits per heavy atom. The molecule has 5 heteroatoms. The molecule has 12 heavy (non-hydrogen) atoms. The predicted octanol–water partition coefficient (Wildman–Crippen LogP) is 2.51. The van der Waals surface area contributed by atoms with Crippen molar-refractivity contribution in [2.24, 2.45) is 0 Å². The number of hydrogen-bond acceptors (Lipinski definition) is 1. The molecular weight excluding hydrogens is 243 g/mol. The van der Waals surface area contributed by atoms with E-state index in [1.54, 1.807) is 0 Å². The van der Waals surface area contributed by atoms with Gasteiger partial charge in [0.15, 0.2) is 0 Å². The van der Waals surface area contributed by atoms with E-state index in [1.807, 2.05) is 13.8 Å². The van der Waals surface area contributed by atoms with Gasteiger partial charge in [-0.25, -0.2) is 0 Å². The van der Waals surface area contributed by atoms with Crippen LogP contribution in [0.15, 0.2) is 0 Å². The van der Waals surface area contributed by atoms with Crippen LogP contribution in [0.5, 0.6) is 0 Å². The number of alkyl halides is 1. The topological polar surface area (TPSA) is 57.5 Å². The standard InChI is InChI=1S/C7H16BrO3P/c1-3-7(4-2,5-6-8)12(9,10)11/h3-6H2,1-2H3,(H2,9,10,11). The first-order valence-electron chi connectivity index (χ1n) is 4.05. The molecule has 0 atom stereocenters. The molecule has 0 aromatic heterocycles. The zero-order valence-electron chi connectivity index (χ0n) is 7.46. The minimum absolute atomic E-state index is 0.527. The van der Waals surface area contributed by atoms with Crippen molar-refractivity contribution in [1.29, 1.82) is 0 Å². The van der Waals surface area contributed by atoms with Crippen LogP contribution in [0.2, 0.25) is 0 Å². The lowest BCUT2D eigenvalue weighted by Gasteiger charge is -2.31. The summed E-state index contributed by atoms with van der Waals surface area (Å²) in [6.07, 6.45) is 1.59. The molecule has 0 heterocycles. The summed E-state index contributed by atoms with van der Waals surface area (Å²) in [4.78, 5) is 18.3. The number of halogens is 1. The molecule has 0 unspecified atom stereocenters. The fourth-order valence-corrected chi connectivity index (χ4v) is 3.63. The first-order valence-corrected chi connectivity index (χ1v) is 6.78. The molecular formula is C7H16BrO3P. The predicted molar refractivity (Wildman–Crippen MR) is 53.8 cm³/mol. The van der Waals surface area contributed by atoms with Crippen molar-refractivity contribution < 1.29 is 14.4 Å². The summed E-state index contributed by atoms with van der Waals surface area (Å²) >= 11 is 3.22. The lowest BCUT2D eigenvalue weighted by Crippen LogP contribution is -2.27. The zero-order chi connectivity index (χ0) is 9.83. The van der Waals surface area contributed by atoms with Gasteiger partial charge in [0.2, 0.25) is 0 Å². The van der Waals surface area contributed by atoms with E-state index >= 15 is 0 Å². The van der Waals surface area contributed by atoms with Gasteiger partial charge in [0.25, 0.3) is 0 Å². The highest BCUT2D eigenvalue weighted by Gasteiger charge is 2.42. The monoisotopic (exact) mass is 258 g/mol. The molecule has 0 rings (SSSR count). The molecule has 0 radical (unpaired) electrons. The van der Waals surface area contributed by atoms with E-state index in [0.717, 1.165) is 0 Å². The maximum absolute atomic E-state index is 11.2. The first-order chi connectivity index (χ1) is 5.43. The van der Waals surface area contributed by atoms with Gasteiger partial charge in [0.1, 0.15) is 0 Å². The van der Waals surface area contributed by atoms with Gasteiger partial charge in [-0.1, -0.05) is 29.8 Å². The molecule has 0 aromatic rings. The third-order valence-corrected chi connectivity index (χ3v) is 4.98. The van der Waals surface area contributed by atoms with E-state index in [0.29, 0.717) is 24.6 Å². The van der Waals surface area contributed by atoms with Crippen molar-refractivity contribution in [2.75, 3.05) is 5.33 Å². The van der Waals surface area contributed by atoms with Gasteiger partial charge >= 0.3 is 7.60 Å². The minimum Gasteiger partial charge on any atom is -0.324 e. The summed E-state index contributed by atoms with van der Waals surface area (Å²) in [6, 6.07) is 0. The quantitative estimate of drug-likeness (QED) is 0.589. The zero-order valence-corrected chi connectivity index (χ0v) is 9.94. The molecule has 0 amide bonds. The molecule has 3 nitrogen and oxygen atoms in total. The van der Waals surface area contributed by atoms with Crippen LogP contribution in [0.1, 0.15) is 33.1 Å². The largest absolute Gasteiger partial charge is 0.331 e. The minimum atomic E-state index is -3.95. The SMILES string of the molecule is CCC(CC)(CCBr)P(=O)(O)O. The van der Waals surface area contributed by atoms with Crippen LogP contribution in [0.3, 0.4) is 0 Å². The van der Waals surface area contributed by atoms with E-state index in [9.17, 15) is 4.57 Å². The molecule has 0 saturated heterocycles. The molecule has 0 saturated carbocycles. The third kappa shape index (κ3) is 2.56. The van der Waals surface area contributed by atoms with Crippen molar-refractivity contribution in [3.63, 3.8) is 0 Å². The summed E-state index contributed by atoms with van der Waals surface area (Å²) in [6.45, 7) is 3.65. The smallest absolute Gasteiger partial charge is 0.324 e. The lowest BCUT2D eigenvalue weighted by atomic mass is 9.99. The fraction of sp³-hybridized carbons (Fsp3) is 1.00. The van der Waals surface area contributed by atoms with Gasteiger partial charge in [0.05, 0.1) is 5.16 Å². The maximum atomic E-state index is 11.2. The second kappa shape index (κ2) is 4.75. The van der Waals surface area contributed by atoms with Gasteiger partial charge in [-0.3, -0.25) is 4.57 Å². The summed E-state index contributed by atoms with van der Waals surface area (Å²) < 4.78 is 11.2. The summed E-state index contributed by atoms with van der Waals surface area (Å²) in [5.41, 5.74) is 0. The van der Waals surface area contributed by atoms with Crippen LogP contribution in [0.4, 0.5) is 0 Å². The highest BCUT2D eigenvalue weighted by Crippen LogP contribution is 2.56. The van der Waals surface area contributed by atoms with Crippen LogP contribution in [-0.2, 0) is 4.57 Å². The normalized spacial score (nSPS) is 13.4. The van der Waals surface area contributed by atoms with E-state index < -0.39 is 12.8 Å². The third-order valence-electron chi connectivity index (χ3n) is 2.49. The van der Waals surface area contributed by atoms with E-state index in [2.05, 4.69) is 15.9 Å². The second-order valence-corrected chi connectivity index (χ2v) is 5.74. The van der Waals surface area contributed by atoms with Crippen molar-refractivity contribution in [1.82, 2.24) is 0 Å². The van der Waals surface area contributed by atoms with Crippen molar-refractivity contribution >= 4 is 23.5 Å². The Kier molecular flexibility index (Phi) is 5.00. The summed E-state index contributed by atoms with van der Waals surface area (Å²) in [7, 11) is -3.95. The van der Waals surface area contributed by atoms with Gasteiger partial charge in [-0.05, 0) is 19.3 Å². The van der Waals surface area contributed by atoms with Gasteiger partial charge in [-0.2, -0.15) is 0 Å². The Morgan fingerprint density at radius 1 is 1.33 bits per heavy atom. The van der Waals surface area contributed by atoms with Crippen LogP contribution in [0, 0.1) is 0 Å². The lowest BCUT2D eigenvalue weighted by molar-refractivity contribution is 0.310. The Labute approximate surface area is 81.8 Å².